The standard InChI is InChI=1S/C11H14N6O4S/c1-5-6(8(20)14-10(21)12-5)4-7(19)13-9-15-11(17-16-9)22-3-2-18/h18H,2-4H2,1H3,(H2,12,14,20,21)(H2,13,15,16,17,19). The molecule has 0 radical (unpaired) electrons. The highest BCUT2D eigenvalue weighted by atomic mass is 32.2. The van der Waals surface area contributed by atoms with Crippen LogP contribution in [0.1, 0.15) is 11.3 Å². The van der Waals surface area contributed by atoms with Gasteiger partial charge >= 0.3 is 5.69 Å². The molecule has 0 bridgehead atoms. The minimum atomic E-state index is -0.618. The van der Waals surface area contributed by atoms with Crippen molar-refractivity contribution < 1.29 is 9.90 Å². The summed E-state index contributed by atoms with van der Waals surface area (Å²) >= 11 is 1.23. The van der Waals surface area contributed by atoms with Gasteiger partial charge in [-0.2, -0.15) is 4.98 Å². The maximum absolute atomic E-state index is 11.9. The van der Waals surface area contributed by atoms with Crippen molar-refractivity contribution in [2.75, 3.05) is 17.7 Å². The second-order valence-corrected chi connectivity index (χ2v) is 5.34. The molecule has 0 aliphatic rings. The van der Waals surface area contributed by atoms with Crippen LogP contribution in [0, 0.1) is 6.92 Å². The predicted molar refractivity (Wildman–Crippen MR) is 78.9 cm³/mol. The molecule has 0 aliphatic heterocycles. The molecule has 2 heterocycles. The first-order chi connectivity index (χ1) is 10.5. The predicted octanol–water partition coefficient (Wildman–Crippen LogP) is -1.24. The third-order valence-corrected chi connectivity index (χ3v) is 3.46. The van der Waals surface area contributed by atoms with E-state index in [-0.39, 0.29) is 24.5 Å². The van der Waals surface area contributed by atoms with Crippen molar-refractivity contribution in [3.8, 4) is 0 Å². The van der Waals surface area contributed by atoms with Crippen LogP contribution in [0.4, 0.5) is 5.95 Å². The zero-order chi connectivity index (χ0) is 16.1. The highest BCUT2D eigenvalue weighted by Crippen LogP contribution is 2.13. The number of aromatic nitrogens is 5. The van der Waals surface area contributed by atoms with E-state index in [0.717, 1.165) is 0 Å². The quantitative estimate of drug-likeness (QED) is 0.415. The topological polar surface area (TPSA) is 157 Å². The first kappa shape index (κ1) is 16.0. The second-order valence-electron chi connectivity index (χ2n) is 4.28. The lowest BCUT2D eigenvalue weighted by Crippen LogP contribution is -2.29. The number of hydrogen-bond acceptors (Lipinski definition) is 7. The van der Waals surface area contributed by atoms with E-state index in [0.29, 0.717) is 16.6 Å². The molecule has 10 nitrogen and oxygen atoms in total. The number of aliphatic hydroxyl groups is 1. The Balaban J connectivity index is 2.03. The number of anilines is 1. The highest BCUT2D eigenvalue weighted by Gasteiger charge is 2.13. The SMILES string of the molecule is Cc1[nH]c(=O)[nH]c(=O)c1CC(=O)Nc1nc(SCCO)n[nH]1. The minimum absolute atomic E-state index is 0.00480. The van der Waals surface area contributed by atoms with E-state index in [1.165, 1.54) is 18.7 Å². The Hall–Kier alpha value is -2.40. The molecule has 118 valence electrons. The number of carbonyl (C=O) groups excluding carboxylic acids is 1. The Labute approximate surface area is 127 Å². The van der Waals surface area contributed by atoms with Gasteiger partial charge in [-0.1, -0.05) is 11.8 Å². The molecular weight excluding hydrogens is 312 g/mol. The van der Waals surface area contributed by atoms with Crippen LogP contribution in [0.5, 0.6) is 0 Å². The lowest BCUT2D eigenvalue weighted by molar-refractivity contribution is -0.115. The van der Waals surface area contributed by atoms with Crippen LogP contribution in [0.3, 0.4) is 0 Å². The van der Waals surface area contributed by atoms with Crippen molar-refractivity contribution in [1.29, 1.82) is 0 Å². The number of carbonyl (C=O) groups is 1. The Kier molecular flexibility index (Phi) is 5.12. The van der Waals surface area contributed by atoms with Crippen LogP contribution in [-0.4, -0.2) is 48.5 Å². The van der Waals surface area contributed by atoms with E-state index in [9.17, 15) is 14.4 Å². The number of aromatic amines is 3. The molecule has 0 saturated heterocycles. The number of aryl methyl sites for hydroxylation is 1. The zero-order valence-electron chi connectivity index (χ0n) is 11.6. The molecule has 0 aromatic carbocycles. The third kappa shape index (κ3) is 4.05. The van der Waals surface area contributed by atoms with Crippen molar-refractivity contribution in [2.45, 2.75) is 18.5 Å². The van der Waals surface area contributed by atoms with Crippen molar-refractivity contribution in [2.24, 2.45) is 0 Å². The molecule has 2 aromatic heterocycles. The Morgan fingerprint density at radius 2 is 2.14 bits per heavy atom. The number of thioether (sulfide) groups is 1. The maximum Gasteiger partial charge on any atom is 0.325 e. The molecule has 0 saturated carbocycles. The minimum Gasteiger partial charge on any atom is -0.396 e. The van der Waals surface area contributed by atoms with Crippen molar-refractivity contribution >= 4 is 23.6 Å². The number of nitrogens with zero attached hydrogens (tertiary/aromatic N) is 2. The van der Waals surface area contributed by atoms with Gasteiger partial charge in [-0.25, -0.2) is 9.89 Å². The molecule has 11 heteroatoms. The molecule has 0 fully saturated rings. The number of H-pyrrole nitrogens is 3. The van der Waals surface area contributed by atoms with E-state index in [1.54, 1.807) is 0 Å². The summed E-state index contributed by atoms with van der Waals surface area (Å²) in [6.07, 6.45) is -0.211. The van der Waals surface area contributed by atoms with Gasteiger partial charge in [0.2, 0.25) is 17.0 Å². The van der Waals surface area contributed by atoms with Gasteiger partial charge in [-0.15, -0.1) is 5.10 Å². The fourth-order valence-corrected chi connectivity index (χ4v) is 2.22. The Morgan fingerprint density at radius 3 is 2.82 bits per heavy atom. The number of nitrogens with one attached hydrogen (secondary N) is 4. The van der Waals surface area contributed by atoms with Crippen LogP contribution >= 0.6 is 11.8 Å². The van der Waals surface area contributed by atoms with Gasteiger partial charge in [0.05, 0.1) is 13.0 Å². The molecule has 1 amide bonds. The molecule has 0 aliphatic carbocycles. The van der Waals surface area contributed by atoms with Crippen LogP contribution in [0.25, 0.3) is 0 Å². The summed E-state index contributed by atoms with van der Waals surface area (Å²) in [4.78, 5) is 43.1. The number of rotatable bonds is 6. The van der Waals surface area contributed by atoms with Gasteiger partial charge in [0, 0.05) is 17.0 Å². The van der Waals surface area contributed by atoms with Gasteiger partial charge in [-0.3, -0.25) is 19.9 Å². The van der Waals surface area contributed by atoms with E-state index in [1.807, 2.05) is 0 Å². The summed E-state index contributed by atoms with van der Waals surface area (Å²) < 4.78 is 0. The van der Waals surface area contributed by atoms with Crippen LogP contribution < -0.4 is 16.6 Å². The number of amides is 1. The fraction of sp³-hybridized carbons (Fsp3) is 0.364. The molecule has 0 atom stereocenters. The second kappa shape index (κ2) is 7.04. The van der Waals surface area contributed by atoms with Gasteiger partial charge in [0.25, 0.3) is 5.56 Å². The monoisotopic (exact) mass is 326 g/mol. The summed E-state index contributed by atoms with van der Waals surface area (Å²) in [5, 5.41) is 17.9. The summed E-state index contributed by atoms with van der Waals surface area (Å²) in [7, 11) is 0. The van der Waals surface area contributed by atoms with E-state index in [4.69, 9.17) is 5.11 Å². The highest BCUT2D eigenvalue weighted by molar-refractivity contribution is 7.99. The van der Waals surface area contributed by atoms with E-state index >= 15 is 0 Å². The Morgan fingerprint density at radius 1 is 1.36 bits per heavy atom. The lowest BCUT2D eigenvalue weighted by atomic mass is 10.1. The molecule has 5 N–H and O–H groups in total. The average molecular weight is 326 g/mol. The molecule has 0 unspecified atom stereocenters. The molecular formula is C11H14N6O4S. The summed E-state index contributed by atoms with van der Waals surface area (Å²) in [5.41, 5.74) is -0.715. The largest absolute Gasteiger partial charge is 0.396 e. The van der Waals surface area contributed by atoms with Crippen molar-refractivity contribution in [3.05, 3.63) is 32.1 Å². The number of hydrogen-bond donors (Lipinski definition) is 5. The third-order valence-electron chi connectivity index (χ3n) is 2.64. The number of aliphatic hydroxyl groups excluding tert-OH is 1. The van der Waals surface area contributed by atoms with Gasteiger partial charge in [-0.05, 0) is 6.92 Å². The smallest absolute Gasteiger partial charge is 0.325 e. The van der Waals surface area contributed by atoms with Gasteiger partial charge in [0.1, 0.15) is 0 Å². The van der Waals surface area contributed by atoms with E-state index < -0.39 is 17.2 Å². The summed E-state index contributed by atoms with van der Waals surface area (Å²) in [6.45, 7) is 1.53. The first-order valence-corrected chi connectivity index (χ1v) is 7.26. The van der Waals surface area contributed by atoms with Gasteiger partial charge < -0.3 is 10.1 Å². The lowest BCUT2D eigenvalue weighted by Gasteiger charge is -2.03. The molecule has 2 rings (SSSR count). The summed E-state index contributed by atoms with van der Waals surface area (Å²) in [6, 6.07) is 0. The van der Waals surface area contributed by atoms with Crippen LogP contribution in [0.2, 0.25) is 0 Å². The maximum atomic E-state index is 11.9. The fourth-order valence-electron chi connectivity index (χ4n) is 1.68. The zero-order valence-corrected chi connectivity index (χ0v) is 12.4. The normalized spacial score (nSPS) is 10.6. The van der Waals surface area contributed by atoms with Gasteiger partial charge in [0.15, 0.2) is 0 Å². The van der Waals surface area contributed by atoms with Crippen LogP contribution in [-0.2, 0) is 11.2 Å². The summed E-state index contributed by atoms with van der Waals surface area (Å²) in [5.74, 6) is 0.108. The molecule has 2 aromatic rings. The van der Waals surface area contributed by atoms with Crippen molar-refractivity contribution in [1.82, 2.24) is 25.1 Å². The average Bonchev–Trinajstić information content (AvgIpc) is 2.88. The van der Waals surface area contributed by atoms with E-state index in [2.05, 4.69) is 30.5 Å². The molecule has 22 heavy (non-hydrogen) atoms. The van der Waals surface area contributed by atoms with Crippen molar-refractivity contribution in [3.63, 3.8) is 0 Å². The first-order valence-electron chi connectivity index (χ1n) is 6.27. The Bertz CT molecular complexity index is 779. The molecule has 0 spiro atoms. The van der Waals surface area contributed by atoms with Crippen LogP contribution in [0.15, 0.2) is 14.7 Å².